The molecule has 3 nitrogen and oxygen atoms in total. The maximum absolute atomic E-state index is 10.4. The highest BCUT2D eigenvalue weighted by Gasteiger charge is 2.36. The van der Waals surface area contributed by atoms with E-state index >= 15 is 0 Å². The molecule has 4 unspecified atom stereocenters. The summed E-state index contributed by atoms with van der Waals surface area (Å²) in [5.74, 6) is 1.14. The molecule has 0 aliphatic heterocycles. The van der Waals surface area contributed by atoms with Gasteiger partial charge in [-0.1, -0.05) is 27.7 Å². The van der Waals surface area contributed by atoms with E-state index in [-0.39, 0.29) is 6.10 Å². The van der Waals surface area contributed by atoms with Gasteiger partial charge in [0.25, 0.3) is 0 Å². The van der Waals surface area contributed by atoms with Crippen LogP contribution in [0.15, 0.2) is 0 Å². The number of rotatable bonds is 7. The Morgan fingerprint density at radius 3 is 2.48 bits per heavy atom. The summed E-state index contributed by atoms with van der Waals surface area (Å²) in [4.78, 5) is 2.50. The third-order valence-electron chi connectivity index (χ3n) is 5.43. The normalized spacial score (nSPS) is 28.9. The minimum atomic E-state index is -0.127. The lowest BCUT2D eigenvalue weighted by molar-refractivity contribution is -0.00627. The summed E-state index contributed by atoms with van der Waals surface area (Å²) in [6.45, 7) is 14.3. The Labute approximate surface area is 132 Å². The van der Waals surface area contributed by atoms with Gasteiger partial charge in [-0.15, -0.1) is 0 Å². The van der Waals surface area contributed by atoms with Gasteiger partial charge >= 0.3 is 0 Å². The van der Waals surface area contributed by atoms with Crippen LogP contribution in [0.4, 0.5) is 0 Å². The predicted octanol–water partition coefficient (Wildman–Crippen LogP) is 3.56. The molecule has 0 saturated heterocycles. The van der Waals surface area contributed by atoms with Gasteiger partial charge < -0.3 is 9.84 Å². The van der Waals surface area contributed by atoms with Crippen molar-refractivity contribution in [2.45, 2.75) is 72.4 Å². The lowest BCUT2D eigenvalue weighted by atomic mass is 9.68. The topological polar surface area (TPSA) is 32.7 Å². The van der Waals surface area contributed by atoms with Crippen molar-refractivity contribution in [3.8, 4) is 0 Å². The van der Waals surface area contributed by atoms with Crippen molar-refractivity contribution in [1.29, 1.82) is 0 Å². The molecule has 0 radical (unpaired) electrons. The van der Waals surface area contributed by atoms with Crippen LogP contribution in [0.25, 0.3) is 0 Å². The fourth-order valence-corrected chi connectivity index (χ4v) is 3.49. The fraction of sp³-hybridized carbons (Fsp3) is 1.00. The lowest BCUT2D eigenvalue weighted by Gasteiger charge is -2.42. The Morgan fingerprint density at radius 2 is 1.95 bits per heavy atom. The van der Waals surface area contributed by atoms with Gasteiger partial charge in [-0.05, 0) is 49.9 Å². The van der Waals surface area contributed by atoms with E-state index in [1.165, 1.54) is 6.42 Å². The van der Waals surface area contributed by atoms with Crippen molar-refractivity contribution in [2.75, 3.05) is 26.8 Å². The average Bonchev–Trinajstić information content (AvgIpc) is 2.43. The molecule has 0 heterocycles. The predicted molar refractivity (Wildman–Crippen MR) is 89.5 cm³/mol. The SMILES string of the molecule is CCC(C)N(CCOC)CC1CC(C(C)(C)C)CCC1O. The van der Waals surface area contributed by atoms with Gasteiger partial charge in [0.1, 0.15) is 0 Å². The summed E-state index contributed by atoms with van der Waals surface area (Å²) >= 11 is 0. The van der Waals surface area contributed by atoms with Crippen LogP contribution < -0.4 is 0 Å². The largest absolute Gasteiger partial charge is 0.393 e. The van der Waals surface area contributed by atoms with E-state index in [4.69, 9.17) is 4.74 Å². The zero-order valence-electron chi connectivity index (χ0n) is 15.1. The van der Waals surface area contributed by atoms with Gasteiger partial charge in [-0.25, -0.2) is 0 Å². The first-order chi connectivity index (χ1) is 9.79. The van der Waals surface area contributed by atoms with Crippen LogP contribution in [-0.2, 0) is 4.74 Å². The van der Waals surface area contributed by atoms with Crippen LogP contribution >= 0.6 is 0 Å². The standard InChI is InChI=1S/C18H37NO2/c1-7-14(2)19(10-11-21-6)13-15-12-16(18(3,4)5)8-9-17(15)20/h14-17,20H,7-13H2,1-6H3. The molecule has 0 aromatic carbocycles. The molecule has 0 spiro atoms. The van der Waals surface area contributed by atoms with Crippen LogP contribution in [0.5, 0.6) is 0 Å². The second-order valence-corrected chi connectivity index (χ2v) is 7.95. The molecular weight excluding hydrogens is 262 g/mol. The van der Waals surface area contributed by atoms with Crippen molar-refractivity contribution in [3.05, 3.63) is 0 Å². The first-order valence-corrected chi connectivity index (χ1v) is 8.70. The summed E-state index contributed by atoms with van der Waals surface area (Å²) in [5, 5.41) is 10.4. The van der Waals surface area contributed by atoms with Crippen LogP contribution in [0.2, 0.25) is 0 Å². The minimum Gasteiger partial charge on any atom is -0.393 e. The average molecular weight is 299 g/mol. The molecule has 1 N–H and O–H groups in total. The van der Waals surface area contributed by atoms with Crippen molar-refractivity contribution in [2.24, 2.45) is 17.3 Å². The molecule has 1 fully saturated rings. The minimum absolute atomic E-state index is 0.127. The smallest absolute Gasteiger partial charge is 0.0589 e. The second kappa shape index (κ2) is 8.50. The number of methoxy groups -OCH3 is 1. The van der Waals surface area contributed by atoms with Gasteiger partial charge in [0.05, 0.1) is 12.7 Å². The van der Waals surface area contributed by atoms with E-state index in [9.17, 15) is 5.11 Å². The van der Waals surface area contributed by atoms with E-state index in [0.29, 0.717) is 17.4 Å². The van der Waals surface area contributed by atoms with E-state index in [1.54, 1.807) is 7.11 Å². The lowest BCUT2D eigenvalue weighted by Crippen LogP contribution is -2.45. The Bertz CT molecular complexity index is 287. The van der Waals surface area contributed by atoms with Crippen molar-refractivity contribution in [1.82, 2.24) is 4.90 Å². The molecule has 3 heteroatoms. The van der Waals surface area contributed by atoms with Crippen molar-refractivity contribution in [3.63, 3.8) is 0 Å². The van der Waals surface area contributed by atoms with Gasteiger partial charge in [-0.2, -0.15) is 0 Å². The number of hydrogen-bond acceptors (Lipinski definition) is 3. The summed E-state index contributed by atoms with van der Waals surface area (Å²) in [6, 6.07) is 0.558. The zero-order chi connectivity index (χ0) is 16.0. The quantitative estimate of drug-likeness (QED) is 0.780. The first kappa shape index (κ1) is 18.9. The van der Waals surface area contributed by atoms with E-state index in [2.05, 4.69) is 39.5 Å². The Kier molecular flexibility index (Phi) is 7.66. The Balaban J connectivity index is 2.66. The number of hydrogen-bond donors (Lipinski definition) is 1. The van der Waals surface area contributed by atoms with E-state index in [1.807, 2.05) is 0 Å². The zero-order valence-corrected chi connectivity index (χ0v) is 15.1. The molecule has 21 heavy (non-hydrogen) atoms. The van der Waals surface area contributed by atoms with Gasteiger partial charge in [0, 0.05) is 26.2 Å². The number of nitrogens with zero attached hydrogens (tertiary/aromatic N) is 1. The molecule has 0 aromatic rings. The second-order valence-electron chi connectivity index (χ2n) is 7.95. The third-order valence-corrected chi connectivity index (χ3v) is 5.43. The molecule has 4 atom stereocenters. The van der Waals surface area contributed by atoms with Crippen LogP contribution in [0.3, 0.4) is 0 Å². The van der Waals surface area contributed by atoms with E-state index in [0.717, 1.165) is 44.9 Å². The highest BCUT2D eigenvalue weighted by atomic mass is 16.5. The van der Waals surface area contributed by atoms with Crippen LogP contribution in [-0.4, -0.2) is 49.0 Å². The Morgan fingerprint density at radius 1 is 1.29 bits per heavy atom. The number of ether oxygens (including phenoxy) is 1. The molecule has 1 rings (SSSR count). The first-order valence-electron chi connectivity index (χ1n) is 8.70. The molecule has 0 amide bonds. The molecule has 1 aliphatic rings. The van der Waals surface area contributed by atoms with Crippen molar-refractivity contribution < 1.29 is 9.84 Å². The van der Waals surface area contributed by atoms with Gasteiger partial charge in [-0.3, -0.25) is 4.90 Å². The molecule has 0 aromatic heterocycles. The monoisotopic (exact) mass is 299 g/mol. The molecule has 126 valence electrons. The highest BCUT2D eigenvalue weighted by Crippen LogP contribution is 2.40. The fourth-order valence-electron chi connectivity index (χ4n) is 3.49. The van der Waals surface area contributed by atoms with Gasteiger partial charge in [0.15, 0.2) is 0 Å². The maximum Gasteiger partial charge on any atom is 0.0589 e. The van der Waals surface area contributed by atoms with E-state index < -0.39 is 0 Å². The number of aliphatic hydroxyl groups is 1. The number of aliphatic hydroxyl groups excluding tert-OH is 1. The van der Waals surface area contributed by atoms with Gasteiger partial charge in [0.2, 0.25) is 0 Å². The molecular formula is C18H37NO2. The van der Waals surface area contributed by atoms with Crippen LogP contribution in [0.1, 0.15) is 60.3 Å². The summed E-state index contributed by atoms with van der Waals surface area (Å²) in [6.07, 6.45) is 4.31. The third kappa shape index (κ3) is 5.88. The molecule has 1 aliphatic carbocycles. The summed E-state index contributed by atoms with van der Waals surface area (Å²) < 4.78 is 5.25. The summed E-state index contributed by atoms with van der Waals surface area (Å²) in [5.41, 5.74) is 0.353. The van der Waals surface area contributed by atoms with Crippen molar-refractivity contribution >= 4 is 0 Å². The highest BCUT2D eigenvalue weighted by molar-refractivity contribution is 4.87. The molecule has 1 saturated carbocycles. The maximum atomic E-state index is 10.4. The van der Waals surface area contributed by atoms with Crippen LogP contribution in [0, 0.1) is 17.3 Å². The molecule has 0 bridgehead atoms. The Hall–Kier alpha value is -0.120. The summed E-state index contributed by atoms with van der Waals surface area (Å²) in [7, 11) is 1.76.